The molecule has 3 aromatic heterocycles. The maximum atomic E-state index is 13.7. The van der Waals surface area contributed by atoms with E-state index in [1.165, 1.54) is 17.2 Å². The Balaban J connectivity index is 1.44. The Bertz CT molecular complexity index is 1480. The second-order valence-electron chi connectivity index (χ2n) is 9.73. The second-order valence-corrected chi connectivity index (χ2v) is 10.1. The van der Waals surface area contributed by atoms with E-state index in [1.807, 2.05) is 13.8 Å². The molecule has 0 saturated heterocycles. The molecule has 0 bridgehead atoms. The van der Waals surface area contributed by atoms with Crippen molar-refractivity contribution in [1.82, 2.24) is 30.2 Å². The molecule has 4 heterocycles. The number of H-pyrrole nitrogens is 1. The average molecular weight is 553 g/mol. The van der Waals surface area contributed by atoms with E-state index >= 15 is 0 Å². The number of ether oxygens (including phenoxy) is 1. The van der Waals surface area contributed by atoms with Crippen LogP contribution >= 0.6 is 11.6 Å². The zero-order valence-corrected chi connectivity index (χ0v) is 22.5. The number of nitrogens with one attached hydrogen (secondary N) is 2. The number of pyridine rings is 1. The molecular weight excluding hydrogens is 524 g/mol. The number of methoxy groups -OCH3 is 1. The number of fused-ring (bicyclic) bond motifs is 1. The number of aryl methyl sites for hydroxylation is 1. The zero-order valence-electron chi connectivity index (χ0n) is 21.8. The standard InChI is InChI=1S/C26H29ClN8O4/c1-12-9-29-18(13(2)21(12)39-3)11-35-23-20(22(27)33-26(28)34-23)16(25(35)38)8-19-30-10-17(32-19)24(37)31-14-4-6-15(36)7-5-14/h8-10,14-15,36H,4-7,11H2,1-3H3,(H,30,32)(H,31,37)(H2,28,33,34)/b16-8+. The van der Waals surface area contributed by atoms with Crippen molar-refractivity contribution in [3.05, 3.63) is 51.4 Å². The van der Waals surface area contributed by atoms with E-state index < -0.39 is 5.91 Å². The van der Waals surface area contributed by atoms with Crippen LogP contribution in [-0.4, -0.2) is 61.1 Å². The number of carbonyl (C=O) groups excluding carboxylic acids is 2. The molecule has 39 heavy (non-hydrogen) atoms. The van der Waals surface area contributed by atoms with Crippen molar-refractivity contribution in [2.45, 2.75) is 58.2 Å². The number of nitrogens with zero attached hydrogens (tertiary/aromatic N) is 5. The summed E-state index contributed by atoms with van der Waals surface area (Å²) in [6.07, 6.45) is 7.02. The number of imidazole rings is 1. The summed E-state index contributed by atoms with van der Waals surface area (Å²) in [5, 5.41) is 12.7. The molecule has 1 aliphatic heterocycles. The van der Waals surface area contributed by atoms with Crippen molar-refractivity contribution in [2.75, 3.05) is 17.7 Å². The smallest absolute Gasteiger partial charge is 0.269 e. The van der Waals surface area contributed by atoms with E-state index in [1.54, 1.807) is 13.3 Å². The summed E-state index contributed by atoms with van der Waals surface area (Å²) in [6, 6.07) is -0.0123. The monoisotopic (exact) mass is 552 g/mol. The molecule has 0 atom stereocenters. The minimum absolute atomic E-state index is 0.0123. The van der Waals surface area contributed by atoms with Crippen LogP contribution in [0.4, 0.5) is 11.8 Å². The number of aromatic amines is 1. The Labute approximate surface area is 229 Å². The molecule has 2 aliphatic rings. The molecule has 1 fully saturated rings. The highest BCUT2D eigenvalue weighted by Crippen LogP contribution is 2.41. The van der Waals surface area contributed by atoms with E-state index in [-0.39, 0.29) is 58.6 Å². The van der Waals surface area contributed by atoms with Crippen molar-refractivity contribution in [1.29, 1.82) is 0 Å². The number of aromatic nitrogens is 5. The van der Waals surface area contributed by atoms with Crippen molar-refractivity contribution in [3.63, 3.8) is 0 Å². The summed E-state index contributed by atoms with van der Waals surface area (Å²) in [4.78, 5) is 48.0. The number of rotatable bonds is 6. The van der Waals surface area contributed by atoms with Gasteiger partial charge in [-0.25, -0.2) is 9.97 Å². The Kier molecular flexibility index (Phi) is 7.23. The maximum absolute atomic E-state index is 13.7. The number of nitrogen functional groups attached to an aromatic ring is 1. The van der Waals surface area contributed by atoms with Crippen LogP contribution in [0, 0.1) is 13.8 Å². The quantitative estimate of drug-likeness (QED) is 0.265. The van der Waals surface area contributed by atoms with Gasteiger partial charge in [0.2, 0.25) is 5.95 Å². The summed E-state index contributed by atoms with van der Waals surface area (Å²) in [5.74, 6) is 0.459. The lowest BCUT2D eigenvalue weighted by Crippen LogP contribution is -2.38. The first-order valence-corrected chi connectivity index (χ1v) is 12.9. The van der Waals surface area contributed by atoms with Gasteiger partial charge in [-0.15, -0.1) is 0 Å². The van der Waals surface area contributed by atoms with Gasteiger partial charge in [0.1, 0.15) is 22.4 Å². The first kappa shape index (κ1) is 26.6. The lowest BCUT2D eigenvalue weighted by molar-refractivity contribution is -0.113. The van der Waals surface area contributed by atoms with Crippen LogP contribution in [0.15, 0.2) is 12.4 Å². The van der Waals surface area contributed by atoms with Crippen LogP contribution in [0.5, 0.6) is 5.75 Å². The molecule has 12 nitrogen and oxygen atoms in total. The number of hydrogen-bond donors (Lipinski definition) is 4. The number of carbonyl (C=O) groups is 2. The van der Waals surface area contributed by atoms with E-state index in [4.69, 9.17) is 22.1 Å². The predicted molar refractivity (Wildman–Crippen MR) is 145 cm³/mol. The SMILES string of the molecule is COc1c(C)cnc(CN2C(=O)/C(=C/c3ncc(C(=O)NC4CCC(O)CC4)[nH]3)c3c(Cl)nc(N)nc32)c1C. The number of anilines is 2. The molecule has 3 aromatic rings. The van der Waals surface area contributed by atoms with E-state index in [0.29, 0.717) is 42.7 Å². The predicted octanol–water partition coefficient (Wildman–Crippen LogP) is 2.58. The third-order valence-corrected chi connectivity index (χ3v) is 7.35. The molecule has 2 amide bonds. The topological polar surface area (TPSA) is 172 Å². The summed E-state index contributed by atoms with van der Waals surface area (Å²) in [7, 11) is 1.58. The molecular formula is C26H29ClN8O4. The van der Waals surface area contributed by atoms with Crippen LogP contribution in [0.3, 0.4) is 0 Å². The third-order valence-electron chi connectivity index (χ3n) is 7.07. The fourth-order valence-corrected chi connectivity index (χ4v) is 5.29. The van der Waals surface area contributed by atoms with Gasteiger partial charge < -0.3 is 25.9 Å². The number of aliphatic hydroxyl groups is 1. The first-order chi connectivity index (χ1) is 18.7. The van der Waals surface area contributed by atoms with Crippen LogP contribution in [0.1, 0.15) is 64.4 Å². The molecule has 13 heteroatoms. The van der Waals surface area contributed by atoms with Crippen molar-refractivity contribution >= 4 is 46.8 Å². The average Bonchev–Trinajstić information content (AvgIpc) is 3.46. The summed E-state index contributed by atoms with van der Waals surface area (Å²) < 4.78 is 5.51. The highest BCUT2D eigenvalue weighted by molar-refractivity contribution is 6.41. The zero-order chi connectivity index (χ0) is 27.8. The molecule has 1 saturated carbocycles. The molecule has 5 N–H and O–H groups in total. The largest absolute Gasteiger partial charge is 0.496 e. The Morgan fingerprint density at radius 1 is 1.26 bits per heavy atom. The van der Waals surface area contributed by atoms with Gasteiger partial charge in [0.15, 0.2) is 5.82 Å². The van der Waals surface area contributed by atoms with Crippen LogP contribution < -0.4 is 20.7 Å². The molecule has 0 radical (unpaired) electrons. The minimum atomic E-state index is -0.393. The molecule has 0 aromatic carbocycles. The van der Waals surface area contributed by atoms with Crippen LogP contribution in [-0.2, 0) is 11.3 Å². The maximum Gasteiger partial charge on any atom is 0.269 e. The van der Waals surface area contributed by atoms with E-state index in [9.17, 15) is 14.7 Å². The fraction of sp³-hybridized carbons (Fsp3) is 0.385. The van der Waals surface area contributed by atoms with E-state index in [0.717, 1.165) is 11.1 Å². The van der Waals surface area contributed by atoms with E-state index in [2.05, 4.69) is 30.2 Å². The van der Waals surface area contributed by atoms with Gasteiger partial charge in [0.25, 0.3) is 11.8 Å². The van der Waals surface area contributed by atoms with Crippen LogP contribution in [0.25, 0.3) is 11.6 Å². The Hall–Kier alpha value is -4.03. The second kappa shape index (κ2) is 10.6. The minimum Gasteiger partial charge on any atom is -0.496 e. The summed E-state index contributed by atoms with van der Waals surface area (Å²) in [6.45, 7) is 3.86. The number of halogens is 1. The van der Waals surface area contributed by atoms with Crippen molar-refractivity contribution in [2.24, 2.45) is 0 Å². The number of nitrogens with two attached hydrogens (primary N) is 1. The molecule has 204 valence electrons. The highest BCUT2D eigenvalue weighted by Gasteiger charge is 2.38. The number of amides is 2. The van der Waals surface area contributed by atoms with Gasteiger partial charge in [-0.05, 0) is 45.6 Å². The van der Waals surface area contributed by atoms with Gasteiger partial charge in [-0.2, -0.15) is 4.98 Å². The lowest BCUT2D eigenvalue weighted by atomic mass is 9.93. The Morgan fingerprint density at radius 3 is 2.72 bits per heavy atom. The van der Waals surface area contributed by atoms with Gasteiger partial charge in [0.05, 0.1) is 42.8 Å². The Morgan fingerprint density at radius 2 is 2.00 bits per heavy atom. The molecule has 0 unspecified atom stereocenters. The molecule has 5 rings (SSSR count). The fourth-order valence-electron chi connectivity index (χ4n) is 5.02. The molecule has 0 spiro atoms. The van der Waals surface area contributed by atoms with Crippen LogP contribution in [0.2, 0.25) is 5.15 Å². The first-order valence-electron chi connectivity index (χ1n) is 12.6. The van der Waals surface area contributed by atoms with Gasteiger partial charge in [0, 0.05) is 23.4 Å². The highest BCUT2D eigenvalue weighted by atomic mass is 35.5. The van der Waals surface area contributed by atoms with Crippen molar-refractivity contribution < 1.29 is 19.4 Å². The third kappa shape index (κ3) is 5.17. The van der Waals surface area contributed by atoms with Crippen molar-refractivity contribution in [3.8, 4) is 5.75 Å². The molecule has 1 aliphatic carbocycles. The normalized spacial score (nSPS) is 19.9. The van der Waals surface area contributed by atoms with Gasteiger partial charge in [-0.1, -0.05) is 11.6 Å². The van der Waals surface area contributed by atoms with Gasteiger partial charge in [-0.3, -0.25) is 19.5 Å². The summed E-state index contributed by atoms with van der Waals surface area (Å²) in [5.41, 5.74) is 8.94. The lowest BCUT2D eigenvalue weighted by Gasteiger charge is -2.25. The van der Waals surface area contributed by atoms with Gasteiger partial charge >= 0.3 is 0 Å². The number of hydrogen-bond acceptors (Lipinski definition) is 9. The summed E-state index contributed by atoms with van der Waals surface area (Å²) >= 11 is 6.44. The number of aliphatic hydroxyl groups excluding tert-OH is 1.